The van der Waals surface area contributed by atoms with Crippen LogP contribution in [0.15, 0.2) is 24.3 Å². The van der Waals surface area contributed by atoms with Crippen LogP contribution in [0.5, 0.6) is 0 Å². The standard InChI is InChI=1S/C15H25FN2/c1-4-9-17-10-13(2)11-18(3)12-14-5-7-15(16)8-6-14/h5-8,13,17H,4,9-12H2,1-3H3. The maximum atomic E-state index is 12.8. The Kier molecular flexibility index (Phi) is 6.91. The maximum Gasteiger partial charge on any atom is 0.123 e. The minimum Gasteiger partial charge on any atom is -0.316 e. The van der Waals surface area contributed by atoms with Crippen molar-refractivity contribution in [3.8, 4) is 0 Å². The lowest BCUT2D eigenvalue weighted by Gasteiger charge is -2.21. The Morgan fingerprint density at radius 3 is 2.56 bits per heavy atom. The van der Waals surface area contributed by atoms with Crippen LogP contribution in [0, 0.1) is 11.7 Å². The molecule has 0 aliphatic heterocycles. The second kappa shape index (κ2) is 8.22. The van der Waals surface area contributed by atoms with Gasteiger partial charge in [0.05, 0.1) is 0 Å². The predicted molar refractivity (Wildman–Crippen MR) is 75.1 cm³/mol. The molecular weight excluding hydrogens is 227 g/mol. The first-order valence-corrected chi connectivity index (χ1v) is 6.75. The summed E-state index contributed by atoms with van der Waals surface area (Å²) in [6.45, 7) is 8.50. The first-order valence-electron chi connectivity index (χ1n) is 6.75. The van der Waals surface area contributed by atoms with E-state index in [1.807, 2.05) is 12.1 Å². The summed E-state index contributed by atoms with van der Waals surface area (Å²) in [6.07, 6.45) is 1.18. The molecule has 1 aromatic carbocycles. The van der Waals surface area contributed by atoms with Crippen molar-refractivity contribution in [3.63, 3.8) is 0 Å². The van der Waals surface area contributed by atoms with Crippen LogP contribution in [-0.2, 0) is 6.54 Å². The molecule has 0 radical (unpaired) electrons. The molecule has 0 fully saturated rings. The summed E-state index contributed by atoms with van der Waals surface area (Å²) in [6, 6.07) is 6.75. The quantitative estimate of drug-likeness (QED) is 0.716. The first-order chi connectivity index (χ1) is 8.61. The minimum absolute atomic E-state index is 0.168. The molecule has 1 rings (SSSR count). The van der Waals surface area contributed by atoms with Gasteiger partial charge < -0.3 is 10.2 Å². The molecule has 0 aromatic heterocycles. The van der Waals surface area contributed by atoms with Crippen LogP contribution in [0.3, 0.4) is 0 Å². The number of halogens is 1. The van der Waals surface area contributed by atoms with E-state index < -0.39 is 0 Å². The zero-order chi connectivity index (χ0) is 13.4. The normalized spacial score (nSPS) is 12.9. The summed E-state index contributed by atoms with van der Waals surface area (Å²) in [4.78, 5) is 2.28. The number of nitrogens with one attached hydrogen (secondary N) is 1. The number of hydrogen-bond donors (Lipinski definition) is 1. The summed E-state index contributed by atoms with van der Waals surface area (Å²) in [5.41, 5.74) is 1.16. The first kappa shape index (κ1) is 15.1. The van der Waals surface area contributed by atoms with E-state index >= 15 is 0 Å². The molecule has 18 heavy (non-hydrogen) atoms. The lowest BCUT2D eigenvalue weighted by molar-refractivity contribution is 0.274. The average molecular weight is 252 g/mol. The summed E-state index contributed by atoms with van der Waals surface area (Å²) in [5, 5.41) is 3.44. The van der Waals surface area contributed by atoms with Gasteiger partial charge in [-0.1, -0.05) is 26.0 Å². The van der Waals surface area contributed by atoms with Crippen LogP contribution in [-0.4, -0.2) is 31.6 Å². The third-order valence-corrected chi connectivity index (χ3v) is 2.91. The lowest BCUT2D eigenvalue weighted by Crippen LogP contribution is -2.31. The average Bonchev–Trinajstić information content (AvgIpc) is 2.32. The SMILES string of the molecule is CCCNCC(C)CN(C)Cc1ccc(F)cc1. The molecule has 0 aliphatic carbocycles. The summed E-state index contributed by atoms with van der Waals surface area (Å²) >= 11 is 0. The Labute approximate surface area is 110 Å². The van der Waals surface area contributed by atoms with E-state index in [-0.39, 0.29) is 5.82 Å². The molecular formula is C15H25FN2. The van der Waals surface area contributed by atoms with Crippen LogP contribution in [0.1, 0.15) is 25.8 Å². The molecule has 3 heteroatoms. The van der Waals surface area contributed by atoms with E-state index in [0.717, 1.165) is 31.7 Å². The second-order valence-electron chi connectivity index (χ2n) is 5.13. The third kappa shape index (κ3) is 6.12. The van der Waals surface area contributed by atoms with Crippen molar-refractivity contribution in [3.05, 3.63) is 35.6 Å². The van der Waals surface area contributed by atoms with Crippen molar-refractivity contribution in [1.29, 1.82) is 0 Å². The van der Waals surface area contributed by atoms with Gasteiger partial charge in [0.1, 0.15) is 5.82 Å². The van der Waals surface area contributed by atoms with Gasteiger partial charge >= 0.3 is 0 Å². The third-order valence-electron chi connectivity index (χ3n) is 2.91. The molecule has 0 amide bonds. The highest BCUT2D eigenvalue weighted by Crippen LogP contribution is 2.07. The molecule has 0 aliphatic rings. The minimum atomic E-state index is -0.168. The van der Waals surface area contributed by atoms with Gasteiger partial charge in [-0.2, -0.15) is 0 Å². The van der Waals surface area contributed by atoms with Crippen LogP contribution in [0.25, 0.3) is 0 Å². The zero-order valence-electron chi connectivity index (χ0n) is 11.7. The van der Waals surface area contributed by atoms with E-state index in [9.17, 15) is 4.39 Å². The Morgan fingerprint density at radius 1 is 1.28 bits per heavy atom. The zero-order valence-corrected chi connectivity index (χ0v) is 11.7. The van der Waals surface area contributed by atoms with Crippen LogP contribution >= 0.6 is 0 Å². The number of nitrogens with zero attached hydrogens (tertiary/aromatic N) is 1. The van der Waals surface area contributed by atoms with Crippen LogP contribution < -0.4 is 5.32 Å². The fraction of sp³-hybridized carbons (Fsp3) is 0.600. The number of hydrogen-bond acceptors (Lipinski definition) is 2. The van der Waals surface area contributed by atoms with Crippen molar-refractivity contribution >= 4 is 0 Å². The molecule has 2 nitrogen and oxygen atoms in total. The summed E-state index contributed by atoms with van der Waals surface area (Å²) in [5.74, 6) is 0.459. The van der Waals surface area contributed by atoms with E-state index in [1.165, 1.54) is 18.6 Å². The van der Waals surface area contributed by atoms with Gasteiger partial charge in [0.15, 0.2) is 0 Å². The van der Waals surface area contributed by atoms with Gasteiger partial charge in [-0.15, -0.1) is 0 Å². The van der Waals surface area contributed by atoms with Crippen molar-refractivity contribution in [2.45, 2.75) is 26.8 Å². The van der Waals surface area contributed by atoms with E-state index in [0.29, 0.717) is 5.92 Å². The Hall–Kier alpha value is -0.930. The monoisotopic (exact) mass is 252 g/mol. The smallest absolute Gasteiger partial charge is 0.123 e. The van der Waals surface area contributed by atoms with Gasteiger partial charge in [-0.05, 0) is 50.2 Å². The highest BCUT2D eigenvalue weighted by Gasteiger charge is 2.06. The summed E-state index contributed by atoms with van der Waals surface area (Å²) < 4.78 is 12.8. The second-order valence-corrected chi connectivity index (χ2v) is 5.13. The van der Waals surface area contributed by atoms with Gasteiger partial charge in [0.2, 0.25) is 0 Å². The fourth-order valence-corrected chi connectivity index (χ4v) is 2.09. The van der Waals surface area contributed by atoms with Gasteiger partial charge in [0.25, 0.3) is 0 Å². The molecule has 1 unspecified atom stereocenters. The van der Waals surface area contributed by atoms with Crippen molar-refractivity contribution < 1.29 is 4.39 Å². The molecule has 0 saturated heterocycles. The summed E-state index contributed by atoms with van der Waals surface area (Å²) in [7, 11) is 2.11. The Bertz CT molecular complexity index is 324. The fourth-order valence-electron chi connectivity index (χ4n) is 2.09. The van der Waals surface area contributed by atoms with Crippen molar-refractivity contribution in [1.82, 2.24) is 10.2 Å². The molecule has 1 N–H and O–H groups in total. The predicted octanol–water partition coefficient (Wildman–Crippen LogP) is 2.89. The molecule has 1 atom stereocenters. The molecule has 0 spiro atoms. The molecule has 102 valence electrons. The number of benzene rings is 1. The van der Waals surface area contributed by atoms with Gasteiger partial charge in [-0.3, -0.25) is 0 Å². The maximum absolute atomic E-state index is 12.8. The largest absolute Gasteiger partial charge is 0.316 e. The Balaban J connectivity index is 2.27. The highest BCUT2D eigenvalue weighted by atomic mass is 19.1. The van der Waals surface area contributed by atoms with Crippen LogP contribution in [0.4, 0.5) is 4.39 Å². The van der Waals surface area contributed by atoms with E-state index in [1.54, 1.807) is 0 Å². The molecule has 0 bridgehead atoms. The highest BCUT2D eigenvalue weighted by molar-refractivity contribution is 5.15. The van der Waals surface area contributed by atoms with Gasteiger partial charge in [-0.25, -0.2) is 4.39 Å². The topological polar surface area (TPSA) is 15.3 Å². The Morgan fingerprint density at radius 2 is 1.94 bits per heavy atom. The molecule has 0 heterocycles. The molecule has 0 saturated carbocycles. The van der Waals surface area contributed by atoms with Crippen LogP contribution in [0.2, 0.25) is 0 Å². The van der Waals surface area contributed by atoms with E-state index in [4.69, 9.17) is 0 Å². The lowest BCUT2D eigenvalue weighted by atomic mass is 10.1. The van der Waals surface area contributed by atoms with Crippen molar-refractivity contribution in [2.24, 2.45) is 5.92 Å². The van der Waals surface area contributed by atoms with Crippen molar-refractivity contribution in [2.75, 3.05) is 26.7 Å². The van der Waals surface area contributed by atoms with E-state index in [2.05, 4.69) is 31.1 Å². The van der Waals surface area contributed by atoms with Gasteiger partial charge in [0, 0.05) is 13.1 Å². The number of rotatable bonds is 8. The molecule has 1 aromatic rings.